The molecule has 0 radical (unpaired) electrons. The monoisotopic (exact) mass is 345 g/mol. The first-order valence-corrected chi connectivity index (χ1v) is 8.97. The quantitative estimate of drug-likeness (QED) is 0.819. The van der Waals surface area contributed by atoms with Crippen LogP contribution in [0, 0.1) is 0 Å². The van der Waals surface area contributed by atoms with E-state index in [1.165, 1.54) is 0 Å². The Balaban J connectivity index is 1.83. The third-order valence-corrected chi connectivity index (χ3v) is 4.50. The molecule has 0 unspecified atom stereocenters. The van der Waals surface area contributed by atoms with Crippen LogP contribution >= 0.6 is 0 Å². The smallest absolute Gasteiger partial charge is 0.253 e. The van der Waals surface area contributed by atoms with E-state index in [2.05, 4.69) is 5.32 Å². The lowest BCUT2D eigenvalue weighted by molar-refractivity contribution is -0.137. The second-order valence-corrected chi connectivity index (χ2v) is 6.22. The number of hydrogen-bond donors (Lipinski definition) is 1. The Kier molecular flexibility index (Phi) is 6.98. The van der Waals surface area contributed by atoms with Crippen molar-refractivity contribution in [2.45, 2.75) is 39.7 Å². The van der Waals surface area contributed by atoms with Crippen LogP contribution in [-0.2, 0) is 16.1 Å². The summed E-state index contributed by atoms with van der Waals surface area (Å²) in [5.41, 5.74) is 1.58. The fourth-order valence-corrected chi connectivity index (χ4v) is 2.92. The van der Waals surface area contributed by atoms with Crippen molar-refractivity contribution in [2.24, 2.45) is 0 Å². The molecule has 25 heavy (non-hydrogen) atoms. The van der Waals surface area contributed by atoms with Crippen molar-refractivity contribution in [3.05, 3.63) is 35.4 Å². The first kappa shape index (κ1) is 19.0. The Morgan fingerprint density at radius 3 is 2.40 bits per heavy atom. The van der Waals surface area contributed by atoms with Crippen LogP contribution in [0.15, 0.2) is 24.3 Å². The second kappa shape index (κ2) is 9.20. The molecule has 1 aliphatic rings. The lowest BCUT2D eigenvalue weighted by Crippen LogP contribution is -2.42. The summed E-state index contributed by atoms with van der Waals surface area (Å²) >= 11 is 0. The minimum atomic E-state index is -0.154. The van der Waals surface area contributed by atoms with Crippen LogP contribution in [-0.4, -0.2) is 53.7 Å². The third-order valence-electron chi connectivity index (χ3n) is 4.50. The van der Waals surface area contributed by atoms with Crippen molar-refractivity contribution in [3.8, 4) is 0 Å². The Hall–Kier alpha value is -2.37. The average molecular weight is 345 g/mol. The van der Waals surface area contributed by atoms with Crippen LogP contribution in [0.1, 0.15) is 49.0 Å². The van der Waals surface area contributed by atoms with Crippen molar-refractivity contribution in [2.75, 3.05) is 26.2 Å². The van der Waals surface area contributed by atoms with Gasteiger partial charge in [0.15, 0.2) is 0 Å². The van der Waals surface area contributed by atoms with E-state index >= 15 is 0 Å². The van der Waals surface area contributed by atoms with Gasteiger partial charge in [0.25, 0.3) is 5.91 Å². The van der Waals surface area contributed by atoms with E-state index in [1.54, 1.807) is 21.9 Å². The van der Waals surface area contributed by atoms with E-state index < -0.39 is 0 Å². The number of carbonyl (C=O) groups is 3. The van der Waals surface area contributed by atoms with Gasteiger partial charge in [-0.3, -0.25) is 14.4 Å². The highest BCUT2D eigenvalue weighted by Crippen LogP contribution is 2.10. The summed E-state index contributed by atoms with van der Waals surface area (Å²) in [5.74, 6) is -0.0802. The number of carbonyl (C=O) groups excluding carboxylic acids is 3. The number of amides is 3. The summed E-state index contributed by atoms with van der Waals surface area (Å²) in [6.07, 6.45) is 2.41. The molecule has 0 aliphatic carbocycles. The van der Waals surface area contributed by atoms with E-state index in [1.807, 2.05) is 26.0 Å². The topological polar surface area (TPSA) is 69.7 Å². The van der Waals surface area contributed by atoms with Crippen molar-refractivity contribution in [1.29, 1.82) is 0 Å². The summed E-state index contributed by atoms with van der Waals surface area (Å²) in [4.78, 5) is 39.4. The minimum absolute atomic E-state index is 0.0178. The molecule has 1 aromatic rings. The van der Waals surface area contributed by atoms with Gasteiger partial charge < -0.3 is 15.1 Å². The Morgan fingerprint density at radius 1 is 1.12 bits per heavy atom. The van der Waals surface area contributed by atoms with Crippen molar-refractivity contribution < 1.29 is 14.4 Å². The van der Waals surface area contributed by atoms with E-state index in [0.29, 0.717) is 38.2 Å². The van der Waals surface area contributed by atoms with Crippen LogP contribution in [0.25, 0.3) is 0 Å². The van der Waals surface area contributed by atoms with E-state index in [4.69, 9.17) is 0 Å². The number of piperidine rings is 1. The molecule has 0 aromatic heterocycles. The van der Waals surface area contributed by atoms with Gasteiger partial charge in [0, 0.05) is 38.2 Å². The Morgan fingerprint density at radius 2 is 1.80 bits per heavy atom. The van der Waals surface area contributed by atoms with Crippen LogP contribution in [0.5, 0.6) is 0 Å². The van der Waals surface area contributed by atoms with Gasteiger partial charge in [0.2, 0.25) is 11.8 Å². The maximum absolute atomic E-state index is 12.3. The summed E-state index contributed by atoms with van der Waals surface area (Å²) in [7, 11) is 0. The second-order valence-electron chi connectivity index (χ2n) is 6.22. The van der Waals surface area contributed by atoms with E-state index in [0.717, 1.165) is 18.4 Å². The molecule has 1 heterocycles. The summed E-state index contributed by atoms with van der Waals surface area (Å²) < 4.78 is 0. The third kappa shape index (κ3) is 5.31. The molecule has 6 nitrogen and oxygen atoms in total. The van der Waals surface area contributed by atoms with Crippen LogP contribution in [0.2, 0.25) is 0 Å². The number of hydrogen-bond acceptors (Lipinski definition) is 3. The zero-order chi connectivity index (χ0) is 18.2. The van der Waals surface area contributed by atoms with Crippen molar-refractivity contribution in [1.82, 2.24) is 15.1 Å². The first-order valence-electron chi connectivity index (χ1n) is 8.97. The molecule has 2 rings (SSSR count). The zero-order valence-corrected chi connectivity index (χ0v) is 15.1. The lowest BCUT2D eigenvalue weighted by atomic mass is 10.1. The number of likely N-dealkylation sites (tertiary alicyclic amines) is 1. The standard InChI is InChI=1S/C19H27N3O3/c1-3-21(4-2)19(25)16-10-8-15(9-11-16)13-20-17(23)14-22-12-6-5-7-18(22)24/h8-11H,3-7,12-14H2,1-2H3,(H,20,23). The number of nitrogens with one attached hydrogen (secondary N) is 1. The predicted molar refractivity (Wildman–Crippen MR) is 96.0 cm³/mol. The molecule has 0 saturated carbocycles. The molecule has 1 aromatic carbocycles. The number of rotatable bonds is 7. The molecule has 3 amide bonds. The first-order chi connectivity index (χ1) is 12.0. The lowest BCUT2D eigenvalue weighted by Gasteiger charge is -2.26. The van der Waals surface area contributed by atoms with Crippen molar-refractivity contribution in [3.63, 3.8) is 0 Å². The molecule has 1 N–H and O–H groups in total. The fourth-order valence-electron chi connectivity index (χ4n) is 2.92. The van der Waals surface area contributed by atoms with Gasteiger partial charge in [-0.25, -0.2) is 0 Å². The van der Waals surface area contributed by atoms with Gasteiger partial charge >= 0.3 is 0 Å². The molecular weight excluding hydrogens is 318 g/mol. The Bertz CT molecular complexity index is 609. The SMILES string of the molecule is CCN(CC)C(=O)c1ccc(CNC(=O)CN2CCCCC2=O)cc1. The summed E-state index contributed by atoms with van der Waals surface area (Å²) in [5, 5.41) is 2.83. The summed E-state index contributed by atoms with van der Waals surface area (Å²) in [6, 6.07) is 7.28. The molecule has 136 valence electrons. The highest BCUT2D eigenvalue weighted by atomic mass is 16.2. The van der Waals surface area contributed by atoms with Gasteiger partial charge in [-0.15, -0.1) is 0 Å². The summed E-state index contributed by atoms with van der Waals surface area (Å²) in [6.45, 7) is 6.45. The van der Waals surface area contributed by atoms with E-state index in [9.17, 15) is 14.4 Å². The van der Waals surface area contributed by atoms with Gasteiger partial charge in [-0.05, 0) is 44.4 Å². The molecule has 1 saturated heterocycles. The largest absolute Gasteiger partial charge is 0.350 e. The molecule has 6 heteroatoms. The number of nitrogens with zero attached hydrogens (tertiary/aromatic N) is 2. The maximum atomic E-state index is 12.3. The average Bonchev–Trinajstić information content (AvgIpc) is 2.63. The minimum Gasteiger partial charge on any atom is -0.350 e. The van der Waals surface area contributed by atoms with Crippen LogP contribution in [0.4, 0.5) is 0 Å². The molecule has 1 aliphatic heterocycles. The zero-order valence-electron chi connectivity index (χ0n) is 15.1. The van der Waals surface area contributed by atoms with Gasteiger partial charge in [0.05, 0.1) is 6.54 Å². The van der Waals surface area contributed by atoms with E-state index in [-0.39, 0.29) is 24.3 Å². The highest BCUT2D eigenvalue weighted by molar-refractivity contribution is 5.94. The normalized spacial score (nSPS) is 14.3. The van der Waals surface area contributed by atoms with Gasteiger partial charge in [-0.2, -0.15) is 0 Å². The van der Waals surface area contributed by atoms with Gasteiger partial charge in [0.1, 0.15) is 0 Å². The molecular formula is C19H27N3O3. The molecule has 0 spiro atoms. The molecule has 0 atom stereocenters. The van der Waals surface area contributed by atoms with Crippen LogP contribution in [0.3, 0.4) is 0 Å². The predicted octanol–water partition coefficient (Wildman–Crippen LogP) is 1.80. The van der Waals surface area contributed by atoms with Crippen molar-refractivity contribution >= 4 is 17.7 Å². The Labute approximate surface area is 149 Å². The van der Waals surface area contributed by atoms with Gasteiger partial charge in [-0.1, -0.05) is 12.1 Å². The van der Waals surface area contributed by atoms with Crippen LogP contribution < -0.4 is 5.32 Å². The highest BCUT2D eigenvalue weighted by Gasteiger charge is 2.20. The fraction of sp³-hybridized carbons (Fsp3) is 0.526. The molecule has 0 bridgehead atoms. The number of benzene rings is 1. The molecule has 1 fully saturated rings. The maximum Gasteiger partial charge on any atom is 0.253 e.